The van der Waals surface area contributed by atoms with Crippen molar-refractivity contribution in [3.63, 3.8) is 0 Å². The van der Waals surface area contributed by atoms with Gasteiger partial charge in [0.1, 0.15) is 11.6 Å². The van der Waals surface area contributed by atoms with Crippen LogP contribution >= 0.6 is 0 Å². The monoisotopic (exact) mass is 236 g/mol. The third kappa shape index (κ3) is 3.62. The van der Waals surface area contributed by atoms with E-state index in [1.165, 1.54) is 0 Å². The zero-order valence-electron chi connectivity index (χ0n) is 10.6. The summed E-state index contributed by atoms with van der Waals surface area (Å²) in [6, 6.07) is 0. The fourth-order valence-electron chi connectivity index (χ4n) is 2.13. The topological polar surface area (TPSA) is 51.2 Å². The van der Waals surface area contributed by atoms with Crippen molar-refractivity contribution in [2.75, 3.05) is 0 Å². The highest BCUT2D eigenvalue weighted by Crippen LogP contribution is 2.23. The largest absolute Gasteiger partial charge is 0.299 e. The molecule has 0 saturated heterocycles. The second-order valence-corrected chi connectivity index (χ2v) is 4.44. The van der Waals surface area contributed by atoms with Crippen molar-refractivity contribution in [3.8, 4) is 0 Å². The summed E-state index contributed by atoms with van der Waals surface area (Å²) in [5, 5.41) is 0. The van der Waals surface area contributed by atoms with Gasteiger partial charge in [-0.1, -0.05) is 19.9 Å². The standard InChI is InChI=1S/C14H20O3/c1-3-12(15)11(13(16)4-2)9-10-7-5-6-8-14(10)17/h7,11H,3-6,8-9H2,1-2H3. The molecule has 1 rings (SSSR count). The predicted octanol–water partition coefficient (Wildman–Crippen LogP) is 2.63. The van der Waals surface area contributed by atoms with Gasteiger partial charge in [0.15, 0.2) is 5.78 Å². The van der Waals surface area contributed by atoms with Crippen LogP contribution in [0, 0.1) is 5.92 Å². The highest BCUT2D eigenvalue weighted by Gasteiger charge is 2.27. The summed E-state index contributed by atoms with van der Waals surface area (Å²) >= 11 is 0. The van der Waals surface area contributed by atoms with Crippen molar-refractivity contribution in [2.24, 2.45) is 5.92 Å². The van der Waals surface area contributed by atoms with Crippen LogP contribution in [0.25, 0.3) is 0 Å². The third-order valence-corrected chi connectivity index (χ3v) is 3.26. The molecule has 1 aliphatic carbocycles. The van der Waals surface area contributed by atoms with Crippen LogP contribution in [-0.4, -0.2) is 17.3 Å². The van der Waals surface area contributed by atoms with E-state index in [1.54, 1.807) is 13.8 Å². The smallest absolute Gasteiger partial charge is 0.158 e. The molecule has 0 bridgehead atoms. The number of Topliss-reactive ketones (excluding diaryl/α,β-unsaturated/α-hetero) is 3. The zero-order chi connectivity index (χ0) is 12.8. The van der Waals surface area contributed by atoms with Crippen LogP contribution in [0.4, 0.5) is 0 Å². The summed E-state index contributed by atoms with van der Waals surface area (Å²) < 4.78 is 0. The van der Waals surface area contributed by atoms with Crippen LogP contribution in [0.3, 0.4) is 0 Å². The normalized spacial score (nSPS) is 15.9. The van der Waals surface area contributed by atoms with E-state index < -0.39 is 5.92 Å². The summed E-state index contributed by atoms with van der Waals surface area (Å²) in [7, 11) is 0. The van der Waals surface area contributed by atoms with Crippen molar-refractivity contribution >= 4 is 17.3 Å². The molecule has 3 heteroatoms. The Morgan fingerprint density at radius 2 is 1.82 bits per heavy atom. The van der Waals surface area contributed by atoms with Crippen LogP contribution < -0.4 is 0 Å². The fourth-order valence-corrected chi connectivity index (χ4v) is 2.13. The van der Waals surface area contributed by atoms with Gasteiger partial charge in [-0.25, -0.2) is 0 Å². The van der Waals surface area contributed by atoms with E-state index in [2.05, 4.69) is 0 Å². The number of ketones is 3. The number of carbonyl (C=O) groups excluding carboxylic acids is 3. The lowest BCUT2D eigenvalue weighted by Crippen LogP contribution is -2.25. The molecule has 0 spiro atoms. The first-order valence-electron chi connectivity index (χ1n) is 6.37. The fraction of sp³-hybridized carbons (Fsp3) is 0.643. The SMILES string of the molecule is CCC(=O)C(CC1=CCCCC1=O)C(=O)CC. The molecule has 0 aromatic heterocycles. The molecule has 0 aliphatic heterocycles. The molecular formula is C14H20O3. The molecule has 3 nitrogen and oxygen atoms in total. The van der Waals surface area contributed by atoms with Gasteiger partial charge in [-0.3, -0.25) is 14.4 Å². The van der Waals surface area contributed by atoms with Gasteiger partial charge in [0.05, 0.1) is 5.92 Å². The molecule has 0 atom stereocenters. The van der Waals surface area contributed by atoms with Gasteiger partial charge in [0.2, 0.25) is 0 Å². The molecule has 0 radical (unpaired) electrons. The van der Waals surface area contributed by atoms with Crippen molar-refractivity contribution in [3.05, 3.63) is 11.6 Å². The second kappa shape index (κ2) is 6.48. The maximum absolute atomic E-state index is 11.7. The van der Waals surface area contributed by atoms with E-state index >= 15 is 0 Å². The number of carbonyl (C=O) groups is 3. The van der Waals surface area contributed by atoms with Crippen molar-refractivity contribution in [1.29, 1.82) is 0 Å². The van der Waals surface area contributed by atoms with Crippen molar-refractivity contribution < 1.29 is 14.4 Å². The van der Waals surface area contributed by atoms with E-state index in [4.69, 9.17) is 0 Å². The van der Waals surface area contributed by atoms with Gasteiger partial charge >= 0.3 is 0 Å². The predicted molar refractivity (Wildman–Crippen MR) is 65.6 cm³/mol. The summed E-state index contributed by atoms with van der Waals surface area (Å²) in [6.07, 6.45) is 5.25. The number of hydrogen-bond donors (Lipinski definition) is 0. The number of rotatable bonds is 6. The highest BCUT2D eigenvalue weighted by molar-refractivity contribution is 6.04. The maximum Gasteiger partial charge on any atom is 0.158 e. The summed E-state index contributed by atoms with van der Waals surface area (Å²) in [5.74, 6) is -0.584. The average Bonchev–Trinajstić information content (AvgIpc) is 2.36. The minimum atomic E-state index is -0.599. The van der Waals surface area contributed by atoms with Gasteiger partial charge in [-0.05, 0) is 24.8 Å². The van der Waals surface area contributed by atoms with Gasteiger partial charge < -0.3 is 0 Å². The van der Waals surface area contributed by atoms with E-state index in [0.717, 1.165) is 12.8 Å². The van der Waals surface area contributed by atoms with E-state index in [-0.39, 0.29) is 17.3 Å². The molecule has 0 amide bonds. The summed E-state index contributed by atoms with van der Waals surface area (Å²) in [4.78, 5) is 35.1. The van der Waals surface area contributed by atoms with Gasteiger partial charge in [0.25, 0.3) is 0 Å². The molecule has 0 saturated carbocycles. The quantitative estimate of drug-likeness (QED) is 0.666. The molecule has 0 fully saturated rings. The maximum atomic E-state index is 11.7. The molecule has 0 unspecified atom stereocenters. The Morgan fingerprint density at radius 3 is 2.29 bits per heavy atom. The van der Waals surface area contributed by atoms with Crippen molar-refractivity contribution in [2.45, 2.75) is 52.4 Å². The van der Waals surface area contributed by atoms with E-state index in [0.29, 0.717) is 31.3 Å². The van der Waals surface area contributed by atoms with Gasteiger partial charge in [0, 0.05) is 19.3 Å². The second-order valence-electron chi connectivity index (χ2n) is 4.44. The van der Waals surface area contributed by atoms with Gasteiger partial charge in [-0.2, -0.15) is 0 Å². The number of hydrogen-bond acceptors (Lipinski definition) is 3. The summed E-state index contributed by atoms with van der Waals surface area (Å²) in [6.45, 7) is 3.52. The first-order chi connectivity index (χ1) is 8.10. The van der Waals surface area contributed by atoms with E-state index in [1.807, 2.05) is 6.08 Å². The van der Waals surface area contributed by atoms with Crippen LogP contribution in [-0.2, 0) is 14.4 Å². The Balaban J connectivity index is 2.79. The Kier molecular flexibility index (Phi) is 5.26. The lowest BCUT2D eigenvalue weighted by atomic mass is 9.84. The molecule has 0 aromatic carbocycles. The third-order valence-electron chi connectivity index (χ3n) is 3.26. The molecule has 0 N–H and O–H groups in total. The van der Waals surface area contributed by atoms with Crippen LogP contribution in [0.1, 0.15) is 52.4 Å². The van der Waals surface area contributed by atoms with Gasteiger partial charge in [-0.15, -0.1) is 0 Å². The molecule has 1 aliphatic rings. The molecule has 0 heterocycles. The zero-order valence-corrected chi connectivity index (χ0v) is 10.6. The average molecular weight is 236 g/mol. The molecule has 94 valence electrons. The van der Waals surface area contributed by atoms with E-state index in [9.17, 15) is 14.4 Å². The Bertz CT molecular complexity index is 336. The lowest BCUT2D eigenvalue weighted by molar-refractivity contribution is -0.132. The first kappa shape index (κ1) is 13.8. The molecule has 17 heavy (non-hydrogen) atoms. The Labute approximate surface area is 102 Å². The number of allylic oxidation sites excluding steroid dienone is 2. The van der Waals surface area contributed by atoms with Crippen molar-refractivity contribution in [1.82, 2.24) is 0 Å². The minimum Gasteiger partial charge on any atom is -0.299 e. The Morgan fingerprint density at radius 1 is 1.24 bits per heavy atom. The summed E-state index contributed by atoms with van der Waals surface area (Å²) in [5.41, 5.74) is 0.685. The molecule has 0 aromatic rings. The van der Waals surface area contributed by atoms with Crippen LogP contribution in [0.15, 0.2) is 11.6 Å². The molecular weight excluding hydrogens is 216 g/mol. The lowest BCUT2D eigenvalue weighted by Gasteiger charge is -2.17. The Hall–Kier alpha value is -1.25. The minimum absolute atomic E-state index is 0.0453. The first-order valence-corrected chi connectivity index (χ1v) is 6.37. The van der Waals surface area contributed by atoms with Crippen LogP contribution in [0.5, 0.6) is 0 Å². The highest BCUT2D eigenvalue weighted by atomic mass is 16.2. The van der Waals surface area contributed by atoms with Crippen LogP contribution in [0.2, 0.25) is 0 Å².